The van der Waals surface area contributed by atoms with Crippen LogP contribution in [0.1, 0.15) is 33.7 Å². The Morgan fingerprint density at radius 2 is 1.66 bits per heavy atom. The van der Waals surface area contributed by atoms with E-state index in [0.717, 1.165) is 33.5 Å². The monoisotopic (exact) mass is 389 g/mol. The summed E-state index contributed by atoms with van der Waals surface area (Å²) >= 11 is 0. The van der Waals surface area contributed by atoms with Crippen molar-refractivity contribution in [3.05, 3.63) is 80.3 Å². The first-order valence-corrected chi connectivity index (χ1v) is 9.55. The van der Waals surface area contributed by atoms with Crippen LogP contribution < -0.4 is 10.2 Å². The predicted octanol–water partition coefficient (Wildman–Crippen LogP) is 5.57. The highest BCUT2D eigenvalue weighted by Gasteiger charge is 2.20. The van der Waals surface area contributed by atoms with Crippen molar-refractivity contribution in [3.63, 3.8) is 0 Å². The molecule has 2 aromatic heterocycles. The highest BCUT2D eigenvalue weighted by atomic mass is 16.5. The lowest BCUT2D eigenvalue weighted by atomic mass is 10.0. The Morgan fingerprint density at radius 3 is 2.31 bits per heavy atom. The molecule has 0 amide bonds. The molecule has 0 unspecified atom stereocenters. The van der Waals surface area contributed by atoms with Crippen LogP contribution in [0.25, 0.3) is 22.3 Å². The molecule has 0 aliphatic heterocycles. The number of aromatic nitrogens is 1. The van der Waals surface area contributed by atoms with Gasteiger partial charge in [-0.2, -0.15) is 0 Å². The molecule has 0 N–H and O–H groups in total. The number of benzene rings is 2. The summed E-state index contributed by atoms with van der Waals surface area (Å²) < 4.78 is 17.4. The zero-order chi connectivity index (χ0) is 20.7. The van der Waals surface area contributed by atoms with Gasteiger partial charge in [0.2, 0.25) is 11.2 Å². The molecule has 5 nitrogen and oxygen atoms in total. The van der Waals surface area contributed by atoms with Gasteiger partial charge >= 0.3 is 0 Å². The molecule has 0 saturated carbocycles. The van der Waals surface area contributed by atoms with Crippen molar-refractivity contribution in [1.29, 1.82) is 0 Å². The topological polar surface area (TPSA) is 65.5 Å². The molecule has 0 radical (unpaired) electrons. The van der Waals surface area contributed by atoms with Crippen LogP contribution in [0.15, 0.2) is 50.1 Å². The SMILES string of the molecule is Cc1ccc(-c2oc3cc(C)c(C)cc3c(=O)c2OCc2c(C)noc2C)cc1. The summed E-state index contributed by atoms with van der Waals surface area (Å²) in [7, 11) is 0. The van der Waals surface area contributed by atoms with Crippen LogP contribution in [0.4, 0.5) is 0 Å². The number of hydrogen-bond acceptors (Lipinski definition) is 5. The first-order valence-electron chi connectivity index (χ1n) is 9.55. The summed E-state index contributed by atoms with van der Waals surface area (Å²) in [6, 6.07) is 11.6. The van der Waals surface area contributed by atoms with Gasteiger partial charge in [-0.25, -0.2) is 0 Å². The zero-order valence-corrected chi connectivity index (χ0v) is 17.3. The number of rotatable bonds is 4. The predicted molar refractivity (Wildman–Crippen MR) is 112 cm³/mol. The number of hydrogen-bond donors (Lipinski definition) is 0. The smallest absolute Gasteiger partial charge is 0.235 e. The fourth-order valence-electron chi connectivity index (χ4n) is 3.31. The van der Waals surface area contributed by atoms with E-state index in [2.05, 4.69) is 5.16 Å². The molecular formula is C24H23NO4. The molecule has 148 valence electrons. The van der Waals surface area contributed by atoms with Gasteiger partial charge in [-0.1, -0.05) is 35.0 Å². The third-order valence-corrected chi connectivity index (χ3v) is 5.32. The van der Waals surface area contributed by atoms with Crippen LogP contribution in [0.3, 0.4) is 0 Å². The van der Waals surface area contributed by atoms with Gasteiger partial charge < -0.3 is 13.7 Å². The quantitative estimate of drug-likeness (QED) is 0.456. The lowest BCUT2D eigenvalue weighted by Crippen LogP contribution is -2.11. The normalized spacial score (nSPS) is 11.2. The van der Waals surface area contributed by atoms with E-state index in [9.17, 15) is 4.79 Å². The van der Waals surface area contributed by atoms with Gasteiger partial charge in [0, 0.05) is 5.56 Å². The third-order valence-electron chi connectivity index (χ3n) is 5.32. The second-order valence-corrected chi connectivity index (χ2v) is 7.48. The van der Waals surface area contributed by atoms with Gasteiger partial charge in [0.05, 0.1) is 16.6 Å². The van der Waals surface area contributed by atoms with Crippen molar-refractivity contribution in [2.45, 2.75) is 41.2 Å². The van der Waals surface area contributed by atoms with Gasteiger partial charge in [0.1, 0.15) is 18.0 Å². The number of ether oxygens (including phenoxy) is 1. The standard InChI is InChI=1S/C24H23NO4/c1-13-6-8-18(9-7-13)23-24(27-12-20-16(4)25-29-17(20)5)22(26)19-10-14(2)15(3)11-21(19)28-23/h6-11H,12H2,1-5H3. The number of fused-ring (bicyclic) bond motifs is 1. The van der Waals surface area contributed by atoms with Gasteiger partial charge in [-0.3, -0.25) is 4.79 Å². The molecule has 0 fully saturated rings. The molecule has 0 saturated heterocycles. The van der Waals surface area contributed by atoms with E-state index in [1.807, 2.05) is 71.0 Å². The fourth-order valence-corrected chi connectivity index (χ4v) is 3.31. The molecule has 0 aliphatic carbocycles. The molecule has 4 rings (SSSR count). The molecule has 0 bridgehead atoms. The summed E-state index contributed by atoms with van der Waals surface area (Å²) in [6.07, 6.45) is 0. The minimum absolute atomic E-state index is 0.182. The highest BCUT2D eigenvalue weighted by Crippen LogP contribution is 2.32. The van der Waals surface area contributed by atoms with Crippen LogP contribution in [-0.2, 0) is 6.61 Å². The molecule has 0 aliphatic rings. The van der Waals surface area contributed by atoms with Crippen molar-refractivity contribution in [3.8, 4) is 17.1 Å². The fraction of sp³-hybridized carbons (Fsp3) is 0.250. The average Bonchev–Trinajstić information content (AvgIpc) is 3.01. The van der Waals surface area contributed by atoms with E-state index in [-0.39, 0.29) is 17.8 Å². The summed E-state index contributed by atoms with van der Waals surface area (Å²) in [6.45, 7) is 9.86. The van der Waals surface area contributed by atoms with Crippen molar-refractivity contribution < 1.29 is 13.7 Å². The molecular weight excluding hydrogens is 366 g/mol. The van der Waals surface area contributed by atoms with Gasteiger partial charge in [0.25, 0.3) is 0 Å². The largest absolute Gasteiger partial charge is 0.481 e. The summed E-state index contributed by atoms with van der Waals surface area (Å²) in [4.78, 5) is 13.4. The molecule has 0 spiro atoms. The third kappa shape index (κ3) is 3.44. The van der Waals surface area contributed by atoms with Crippen molar-refractivity contribution in [2.75, 3.05) is 0 Å². The Labute approximate surface area is 168 Å². The maximum absolute atomic E-state index is 13.4. The van der Waals surface area contributed by atoms with E-state index in [4.69, 9.17) is 13.7 Å². The van der Waals surface area contributed by atoms with Crippen LogP contribution >= 0.6 is 0 Å². The first-order chi connectivity index (χ1) is 13.8. The van der Waals surface area contributed by atoms with E-state index >= 15 is 0 Å². The van der Waals surface area contributed by atoms with Crippen LogP contribution in [-0.4, -0.2) is 5.16 Å². The van der Waals surface area contributed by atoms with E-state index in [1.54, 1.807) is 0 Å². The van der Waals surface area contributed by atoms with Crippen LogP contribution in [0.5, 0.6) is 5.75 Å². The molecule has 0 atom stereocenters. The van der Waals surface area contributed by atoms with Crippen molar-refractivity contribution in [2.24, 2.45) is 0 Å². The van der Waals surface area contributed by atoms with Gasteiger partial charge in [0.15, 0.2) is 5.76 Å². The van der Waals surface area contributed by atoms with E-state index < -0.39 is 0 Å². The lowest BCUT2D eigenvalue weighted by molar-refractivity contribution is 0.294. The molecule has 29 heavy (non-hydrogen) atoms. The summed E-state index contributed by atoms with van der Waals surface area (Å²) in [5.74, 6) is 1.30. The van der Waals surface area contributed by atoms with Crippen LogP contribution in [0, 0.1) is 34.6 Å². The van der Waals surface area contributed by atoms with Crippen molar-refractivity contribution in [1.82, 2.24) is 5.16 Å². The second kappa shape index (κ2) is 7.24. The van der Waals surface area contributed by atoms with Gasteiger partial charge in [-0.05, 0) is 57.9 Å². The zero-order valence-electron chi connectivity index (χ0n) is 17.3. The summed E-state index contributed by atoms with van der Waals surface area (Å²) in [5, 5.41) is 4.47. The molecule has 4 aromatic rings. The minimum Gasteiger partial charge on any atom is -0.481 e. The second-order valence-electron chi connectivity index (χ2n) is 7.48. The Morgan fingerprint density at radius 1 is 0.966 bits per heavy atom. The molecule has 5 heteroatoms. The first kappa shape index (κ1) is 19.0. The lowest BCUT2D eigenvalue weighted by Gasteiger charge is -2.13. The molecule has 2 heterocycles. The maximum Gasteiger partial charge on any atom is 0.235 e. The van der Waals surface area contributed by atoms with E-state index in [0.29, 0.717) is 22.5 Å². The number of aryl methyl sites for hydroxylation is 5. The van der Waals surface area contributed by atoms with Crippen molar-refractivity contribution >= 4 is 11.0 Å². The number of nitrogens with zero attached hydrogens (tertiary/aromatic N) is 1. The minimum atomic E-state index is -0.184. The Balaban J connectivity index is 1.90. The summed E-state index contributed by atoms with van der Waals surface area (Å²) in [5.41, 5.74) is 5.97. The molecule has 2 aromatic carbocycles. The highest BCUT2D eigenvalue weighted by molar-refractivity contribution is 5.83. The Kier molecular flexibility index (Phi) is 4.74. The van der Waals surface area contributed by atoms with Gasteiger partial charge in [-0.15, -0.1) is 0 Å². The van der Waals surface area contributed by atoms with E-state index in [1.165, 1.54) is 0 Å². The van der Waals surface area contributed by atoms with Crippen LogP contribution in [0.2, 0.25) is 0 Å². The Hall–Kier alpha value is -3.34. The Bertz CT molecular complexity index is 1240. The average molecular weight is 389 g/mol. The maximum atomic E-state index is 13.4.